The molecule has 1 aliphatic heterocycles. The van der Waals surface area contributed by atoms with Crippen molar-refractivity contribution in [3.05, 3.63) is 48.4 Å². The summed E-state index contributed by atoms with van der Waals surface area (Å²) < 4.78 is 15.4. The molecule has 0 spiro atoms. The largest absolute Gasteiger partial charge is 0.354 e. The molecule has 2 aromatic heterocycles. The van der Waals surface area contributed by atoms with Crippen molar-refractivity contribution in [1.29, 1.82) is 0 Å². The normalized spacial score (nSPS) is 15.8. The Kier molecular flexibility index (Phi) is 5.03. The van der Waals surface area contributed by atoms with E-state index < -0.39 is 0 Å². The summed E-state index contributed by atoms with van der Waals surface area (Å²) in [5.41, 5.74) is 1.70. The van der Waals surface area contributed by atoms with E-state index in [1.54, 1.807) is 12.4 Å². The van der Waals surface area contributed by atoms with E-state index in [-0.39, 0.29) is 5.82 Å². The Hall–Kier alpha value is -2.54. The maximum Gasteiger partial charge on any atom is 0.133 e. The van der Waals surface area contributed by atoms with Crippen molar-refractivity contribution in [3.63, 3.8) is 0 Å². The molecule has 0 bridgehead atoms. The number of halogens is 1. The number of aromatic nitrogens is 4. The zero-order valence-electron chi connectivity index (χ0n) is 15.8. The van der Waals surface area contributed by atoms with Crippen LogP contribution >= 0.6 is 0 Å². The van der Waals surface area contributed by atoms with E-state index in [0.29, 0.717) is 11.4 Å². The molecule has 1 fully saturated rings. The van der Waals surface area contributed by atoms with Crippen molar-refractivity contribution >= 4 is 16.9 Å². The molecule has 1 aliphatic rings. The molecule has 27 heavy (non-hydrogen) atoms. The predicted molar refractivity (Wildman–Crippen MR) is 104 cm³/mol. The molecule has 7 heteroatoms. The summed E-state index contributed by atoms with van der Waals surface area (Å²) in [5.74, 6) is 2.02. The lowest BCUT2D eigenvalue weighted by Gasteiger charge is -2.35. The highest BCUT2D eigenvalue weighted by atomic mass is 19.1. The topological polar surface area (TPSA) is 50.1 Å². The third-order valence-electron chi connectivity index (χ3n) is 5.11. The summed E-state index contributed by atoms with van der Waals surface area (Å²) >= 11 is 0. The summed E-state index contributed by atoms with van der Waals surface area (Å²) in [6.45, 7) is 9.97. The second-order valence-electron chi connectivity index (χ2n) is 7.33. The van der Waals surface area contributed by atoms with Gasteiger partial charge in [0.25, 0.3) is 0 Å². The van der Waals surface area contributed by atoms with Gasteiger partial charge in [0.15, 0.2) is 0 Å². The van der Waals surface area contributed by atoms with E-state index in [1.165, 1.54) is 12.1 Å². The molecule has 0 aliphatic carbocycles. The number of hydrogen-bond acceptors (Lipinski definition) is 5. The van der Waals surface area contributed by atoms with Crippen LogP contribution in [0.4, 0.5) is 10.2 Å². The lowest BCUT2D eigenvalue weighted by molar-refractivity contribution is 0.248. The Balaban J connectivity index is 1.33. The third kappa shape index (κ3) is 3.93. The van der Waals surface area contributed by atoms with Crippen LogP contribution < -0.4 is 4.90 Å². The average Bonchev–Trinajstić information content (AvgIpc) is 3.09. The number of nitrogens with zero attached hydrogens (tertiary/aromatic N) is 6. The molecule has 142 valence electrons. The first kappa shape index (κ1) is 17.9. The molecule has 3 heterocycles. The number of fused-ring (bicyclic) bond motifs is 1. The smallest absolute Gasteiger partial charge is 0.133 e. The minimum absolute atomic E-state index is 0.241. The van der Waals surface area contributed by atoms with Crippen LogP contribution in [-0.2, 0) is 6.54 Å². The van der Waals surface area contributed by atoms with Gasteiger partial charge in [0.1, 0.15) is 17.5 Å². The van der Waals surface area contributed by atoms with E-state index >= 15 is 0 Å². The second kappa shape index (κ2) is 7.60. The van der Waals surface area contributed by atoms with Crippen LogP contribution in [0.1, 0.15) is 25.6 Å². The lowest BCUT2D eigenvalue weighted by atomic mass is 10.2. The quantitative estimate of drug-likeness (QED) is 0.693. The molecule has 1 saturated heterocycles. The average molecular weight is 368 g/mol. The van der Waals surface area contributed by atoms with Gasteiger partial charge in [-0.3, -0.25) is 4.90 Å². The SMILES string of the molecule is CC(C)c1nccc(N2CCN(CCn3cnc4cc(F)ccc43)CC2)n1. The number of hydrogen-bond donors (Lipinski definition) is 0. The Morgan fingerprint density at radius 2 is 1.85 bits per heavy atom. The minimum Gasteiger partial charge on any atom is -0.354 e. The summed E-state index contributed by atoms with van der Waals surface area (Å²) in [6.07, 6.45) is 3.66. The van der Waals surface area contributed by atoms with Crippen molar-refractivity contribution in [3.8, 4) is 0 Å². The fourth-order valence-electron chi connectivity index (χ4n) is 3.48. The molecule has 3 aromatic rings. The highest BCUT2D eigenvalue weighted by Gasteiger charge is 2.19. The summed E-state index contributed by atoms with van der Waals surface area (Å²) in [6, 6.07) is 6.78. The summed E-state index contributed by atoms with van der Waals surface area (Å²) in [5, 5.41) is 0. The molecule has 4 rings (SSSR count). The van der Waals surface area contributed by atoms with Gasteiger partial charge in [-0.2, -0.15) is 0 Å². The number of piperazine rings is 1. The van der Waals surface area contributed by atoms with E-state index in [9.17, 15) is 4.39 Å². The van der Waals surface area contributed by atoms with Crippen molar-refractivity contribution in [2.75, 3.05) is 37.6 Å². The maximum atomic E-state index is 13.3. The number of benzene rings is 1. The van der Waals surface area contributed by atoms with Gasteiger partial charge >= 0.3 is 0 Å². The zero-order chi connectivity index (χ0) is 18.8. The molecule has 0 N–H and O–H groups in total. The van der Waals surface area contributed by atoms with Crippen LogP contribution in [0.5, 0.6) is 0 Å². The van der Waals surface area contributed by atoms with Gasteiger partial charge in [-0.05, 0) is 18.2 Å². The van der Waals surface area contributed by atoms with Crippen LogP contribution in [0.3, 0.4) is 0 Å². The van der Waals surface area contributed by atoms with Crippen molar-refractivity contribution in [1.82, 2.24) is 24.4 Å². The van der Waals surface area contributed by atoms with E-state index in [0.717, 1.165) is 56.4 Å². The summed E-state index contributed by atoms with van der Waals surface area (Å²) in [7, 11) is 0. The molecule has 0 saturated carbocycles. The van der Waals surface area contributed by atoms with Crippen LogP contribution in [0.2, 0.25) is 0 Å². The third-order valence-corrected chi connectivity index (χ3v) is 5.11. The molecule has 0 atom stereocenters. The van der Waals surface area contributed by atoms with E-state index in [4.69, 9.17) is 4.98 Å². The highest BCUT2D eigenvalue weighted by Crippen LogP contribution is 2.17. The Morgan fingerprint density at radius 3 is 2.63 bits per heavy atom. The Bertz CT molecular complexity index is 914. The van der Waals surface area contributed by atoms with E-state index in [2.05, 4.69) is 38.2 Å². The second-order valence-corrected chi connectivity index (χ2v) is 7.33. The molecular formula is C20H25FN6. The number of anilines is 1. The first-order chi connectivity index (χ1) is 13.1. The zero-order valence-corrected chi connectivity index (χ0v) is 15.8. The molecule has 6 nitrogen and oxygen atoms in total. The van der Waals surface area contributed by atoms with Gasteiger partial charge in [0, 0.05) is 57.4 Å². The number of imidazole rings is 1. The van der Waals surface area contributed by atoms with Gasteiger partial charge in [-0.1, -0.05) is 13.8 Å². The van der Waals surface area contributed by atoms with Crippen LogP contribution in [0.25, 0.3) is 11.0 Å². The summed E-state index contributed by atoms with van der Waals surface area (Å²) in [4.78, 5) is 18.1. The van der Waals surface area contributed by atoms with Gasteiger partial charge in [0.2, 0.25) is 0 Å². The standard InChI is InChI=1S/C20H25FN6/c1-15(2)20-22-6-5-19(24-20)26-10-7-25(8-11-26)9-12-27-14-23-17-13-16(21)3-4-18(17)27/h3-6,13-15H,7-12H2,1-2H3. The lowest BCUT2D eigenvalue weighted by Crippen LogP contribution is -2.47. The van der Waals surface area contributed by atoms with Gasteiger partial charge in [0.05, 0.1) is 17.4 Å². The van der Waals surface area contributed by atoms with Crippen molar-refractivity contribution < 1.29 is 4.39 Å². The predicted octanol–water partition coefficient (Wildman–Crippen LogP) is 2.91. The van der Waals surface area contributed by atoms with E-state index in [1.807, 2.05) is 12.3 Å². The Morgan fingerprint density at radius 1 is 1.04 bits per heavy atom. The van der Waals surface area contributed by atoms with Gasteiger partial charge < -0.3 is 9.47 Å². The highest BCUT2D eigenvalue weighted by molar-refractivity contribution is 5.75. The molecular weight excluding hydrogens is 343 g/mol. The fourth-order valence-corrected chi connectivity index (χ4v) is 3.48. The van der Waals surface area contributed by atoms with Crippen LogP contribution in [0.15, 0.2) is 36.8 Å². The first-order valence-electron chi connectivity index (χ1n) is 9.51. The molecule has 0 amide bonds. The number of rotatable bonds is 5. The molecule has 0 radical (unpaired) electrons. The van der Waals surface area contributed by atoms with Gasteiger partial charge in [-0.15, -0.1) is 0 Å². The minimum atomic E-state index is -0.241. The molecule has 0 unspecified atom stereocenters. The first-order valence-corrected chi connectivity index (χ1v) is 9.51. The van der Waals surface area contributed by atoms with Crippen LogP contribution in [0, 0.1) is 5.82 Å². The van der Waals surface area contributed by atoms with Gasteiger partial charge in [-0.25, -0.2) is 19.3 Å². The molecule has 1 aromatic carbocycles. The maximum absolute atomic E-state index is 13.3. The van der Waals surface area contributed by atoms with Crippen molar-refractivity contribution in [2.45, 2.75) is 26.3 Å². The monoisotopic (exact) mass is 368 g/mol. The van der Waals surface area contributed by atoms with Crippen molar-refractivity contribution in [2.24, 2.45) is 0 Å². The Labute approximate surface area is 158 Å². The van der Waals surface area contributed by atoms with Crippen LogP contribution in [-0.4, -0.2) is 57.1 Å². The fraction of sp³-hybridized carbons (Fsp3) is 0.450.